The van der Waals surface area contributed by atoms with E-state index in [1.807, 2.05) is 20.8 Å². The van der Waals surface area contributed by atoms with Crippen LogP contribution in [0.2, 0.25) is 0 Å². The van der Waals surface area contributed by atoms with Gasteiger partial charge in [-0.1, -0.05) is 32.5 Å². The van der Waals surface area contributed by atoms with Gasteiger partial charge in [-0.2, -0.15) is 5.10 Å². The SMILES string of the molecule is CC(C)(C)C(=O)CSc1ncnc2c1cnn2-c1ccc(F)cc1. The highest BCUT2D eigenvalue weighted by atomic mass is 32.2. The van der Waals surface area contributed by atoms with E-state index in [0.717, 1.165) is 5.39 Å². The van der Waals surface area contributed by atoms with Crippen molar-refractivity contribution in [2.24, 2.45) is 5.41 Å². The Morgan fingerprint density at radius 1 is 1.21 bits per heavy atom. The molecule has 0 N–H and O–H groups in total. The summed E-state index contributed by atoms with van der Waals surface area (Å²) in [6, 6.07) is 6.03. The van der Waals surface area contributed by atoms with Crippen LogP contribution in [0.5, 0.6) is 0 Å². The van der Waals surface area contributed by atoms with Gasteiger partial charge < -0.3 is 0 Å². The van der Waals surface area contributed by atoms with Gasteiger partial charge in [0.05, 0.1) is 23.0 Å². The summed E-state index contributed by atoms with van der Waals surface area (Å²) >= 11 is 1.38. The van der Waals surface area contributed by atoms with Crippen LogP contribution in [0.3, 0.4) is 0 Å². The lowest BCUT2D eigenvalue weighted by Crippen LogP contribution is -2.22. The van der Waals surface area contributed by atoms with Crippen molar-refractivity contribution >= 4 is 28.6 Å². The average molecular weight is 344 g/mol. The second kappa shape index (κ2) is 6.32. The molecule has 0 fully saturated rings. The van der Waals surface area contributed by atoms with E-state index in [9.17, 15) is 9.18 Å². The van der Waals surface area contributed by atoms with Crippen molar-refractivity contribution in [2.45, 2.75) is 25.8 Å². The van der Waals surface area contributed by atoms with E-state index < -0.39 is 0 Å². The van der Waals surface area contributed by atoms with Gasteiger partial charge in [-0.25, -0.2) is 19.0 Å². The Morgan fingerprint density at radius 2 is 1.92 bits per heavy atom. The van der Waals surface area contributed by atoms with Crippen LogP contribution in [0, 0.1) is 11.2 Å². The molecule has 2 aromatic heterocycles. The molecule has 0 amide bonds. The van der Waals surface area contributed by atoms with Gasteiger partial charge in [0, 0.05) is 5.41 Å². The molecule has 0 bridgehead atoms. The molecule has 0 radical (unpaired) electrons. The molecule has 0 aliphatic rings. The molecule has 2 heterocycles. The maximum atomic E-state index is 13.1. The summed E-state index contributed by atoms with van der Waals surface area (Å²) < 4.78 is 14.7. The van der Waals surface area contributed by atoms with E-state index in [-0.39, 0.29) is 17.0 Å². The minimum absolute atomic E-state index is 0.158. The lowest BCUT2D eigenvalue weighted by molar-refractivity contribution is -0.123. The summed E-state index contributed by atoms with van der Waals surface area (Å²) in [5.74, 6) is 0.198. The van der Waals surface area contributed by atoms with Gasteiger partial charge in [-0.3, -0.25) is 4.79 Å². The van der Waals surface area contributed by atoms with Crippen LogP contribution >= 0.6 is 11.8 Å². The highest BCUT2D eigenvalue weighted by Crippen LogP contribution is 2.28. The second-order valence-corrected chi connectivity index (χ2v) is 7.37. The van der Waals surface area contributed by atoms with Crippen LogP contribution < -0.4 is 0 Å². The highest BCUT2D eigenvalue weighted by Gasteiger charge is 2.22. The zero-order chi connectivity index (χ0) is 17.3. The lowest BCUT2D eigenvalue weighted by atomic mass is 9.92. The molecule has 0 unspecified atom stereocenters. The molecular formula is C17H17FN4OS. The highest BCUT2D eigenvalue weighted by molar-refractivity contribution is 8.00. The number of hydrogen-bond donors (Lipinski definition) is 0. The van der Waals surface area contributed by atoms with Gasteiger partial charge in [0.15, 0.2) is 5.65 Å². The second-order valence-electron chi connectivity index (χ2n) is 6.41. The quantitative estimate of drug-likeness (QED) is 0.534. The first-order chi connectivity index (χ1) is 11.4. The fraction of sp³-hybridized carbons (Fsp3) is 0.294. The molecule has 0 atom stereocenters. The fourth-order valence-electron chi connectivity index (χ4n) is 2.06. The molecule has 0 aliphatic carbocycles. The van der Waals surface area contributed by atoms with Crippen molar-refractivity contribution in [1.29, 1.82) is 0 Å². The van der Waals surface area contributed by atoms with Crippen LogP contribution in [-0.2, 0) is 4.79 Å². The topological polar surface area (TPSA) is 60.7 Å². The van der Waals surface area contributed by atoms with Gasteiger partial charge in [0.25, 0.3) is 0 Å². The number of nitrogens with zero attached hydrogens (tertiary/aromatic N) is 4. The predicted octanol–water partition coefficient (Wildman–Crippen LogP) is 3.66. The fourth-order valence-corrected chi connectivity index (χ4v) is 3.18. The molecule has 0 saturated carbocycles. The molecule has 3 rings (SSSR count). The number of aromatic nitrogens is 4. The number of thioether (sulfide) groups is 1. The molecular weight excluding hydrogens is 327 g/mol. The third-order valence-electron chi connectivity index (χ3n) is 3.58. The molecule has 3 aromatic rings. The summed E-state index contributed by atoms with van der Waals surface area (Å²) in [4.78, 5) is 20.7. The summed E-state index contributed by atoms with van der Waals surface area (Å²) in [7, 11) is 0. The number of ketones is 1. The molecule has 1 aromatic carbocycles. The monoisotopic (exact) mass is 344 g/mol. The Labute approximate surface area is 143 Å². The predicted molar refractivity (Wildman–Crippen MR) is 91.8 cm³/mol. The minimum atomic E-state index is -0.378. The number of benzene rings is 1. The molecule has 0 saturated heterocycles. The first-order valence-electron chi connectivity index (χ1n) is 7.47. The molecule has 5 nitrogen and oxygen atoms in total. The van der Waals surface area contributed by atoms with Gasteiger partial charge in [-0.15, -0.1) is 0 Å². The summed E-state index contributed by atoms with van der Waals surface area (Å²) in [6.45, 7) is 5.70. The summed E-state index contributed by atoms with van der Waals surface area (Å²) in [6.07, 6.45) is 3.12. The Balaban J connectivity index is 1.92. The largest absolute Gasteiger partial charge is 0.298 e. The number of Topliss-reactive ketones (excluding diaryl/α,β-unsaturated/α-hetero) is 1. The molecule has 24 heavy (non-hydrogen) atoms. The van der Waals surface area contributed by atoms with Crippen LogP contribution in [0.1, 0.15) is 20.8 Å². The summed E-state index contributed by atoms with van der Waals surface area (Å²) in [5.41, 5.74) is 0.964. The van der Waals surface area contributed by atoms with Crippen molar-refractivity contribution in [3.63, 3.8) is 0 Å². The number of halogens is 1. The van der Waals surface area contributed by atoms with Crippen molar-refractivity contribution < 1.29 is 9.18 Å². The van der Waals surface area contributed by atoms with Crippen LogP contribution in [0.25, 0.3) is 16.7 Å². The normalized spacial score (nSPS) is 11.8. The van der Waals surface area contributed by atoms with Gasteiger partial charge in [-0.05, 0) is 24.3 Å². The van der Waals surface area contributed by atoms with E-state index in [2.05, 4.69) is 15.1 Å². The van der Waals surface area contributed by atoms with Crippen molar-refractivity contribution in [2.75, 3.05) is 5.75 Å². The van der Waals surface area contributed by atoms with Crippen LogP contribution in [0.15, 0.2) is 41.8 Å². The van der Waals surface area contributed by atoms with E-state index in [1.165, 1.54) is 30.2 Å². The lowest BCUT2D eigenvalue weighted by Gasteiger charge is -2.15. The Bertz CT molecular complexity index is 884. The van der Waals surface area contributed by atoms with E-state index in [1.54, 1.807) is 23.0 Å². The van der Waals surface area contributed by atoms with Gasteiger partial charge in [0.2, 0.25) is 0 Å². The molecule has 7 heteroatoms. The maximum Gasteiger partial charge on any atom is 0.167 e. The van der Waals surface area contributed by atoms with Gasteiger partial charge in [0.1, 0.15) is 23.0 Å². The number of hydrogen-bond acceptors (Lipinski definition) is 5. The van der Waals surface area contributed by atoms with E-state index in [4.69, 9.17) is 0 Å². The van der Waals surface area contributed by atoms with Crippen molar-refractivity contribution in [1.82, 2.24) is 19.7 Å². The maximum absolute atomic E-state index is 13.1. The average Bonchev–Trinajstić information content (AvgIpc) is 2.97. The zero-order valence-electron chi connectivity index (χ0n) is 13.7. The Morgan fingerprint density at radius 3 is 2.58 bits per heavy atom. The van der Waals surface area contributed by atoms with E-state index >= 15 is 0 Å². The number of fused-ring (bicyclic) bond motifs is 1. The van der Waals surface area contributed by atoms with E-state index in [0.29, 0.717) is 22.1 Å². The molecule has 0 aliphatic heterocycles. The van der Waals surface area contributed by atoms with Crippen molar-refractivity contribution in [3.05, 3.63) is 42.6 Å². The van der Waals surface area contributed by atoms with Crippen LogP contribution in [0.4, 0.5) is 4.39 Å². The first kappa shape index (κ1) is 16.6. The first-order valence-corrected chi connectivity index (χ1v) is 8.45. The molecule has 124 valence electrons. The zero-order valence-corrected chi connectivity index (χ0v) is 14.5. The Hall–Kier alpha value is -2.28. The van der Waals surface area contributed by atoms with Crippen molar-refractivity contribution in [3.8, 4) is 5.69 Å². The van der Waals surface area contributed by atoms with Gasteiger partial charge >= 0.3 is 0 Å². The molecule has 0 spiro atoms. The third-order valence-corrected chi connectivity index (χ3v) is 4.58. The number of carbonyl (C=O) groups is 1. The third kappa shape index (κ3) is 3.31. The Kier molecular flexibility index (Phi) is 4.36. The number of carbonyl (C=O) groups excluding carboxylic acids is 1. The minimum Gasteiger partial charge on any atom is -0.298 e. The number of rotatable bonds is 4. The standard InChI is InChI=1S/C17H17FN4OS/c1-17(2,3)14(23)9-24-16-13-8-21-22(15(13)19-10-20-16)12-6-4-11(18)5-7-12/h4-8,10H,9H2,1-3H3. The van der Waals surface area contributed by atoms with Crippen LogP contribution in [-0.4, -0.2) is 31.3 Å². The smallest absolute Gasteiger partial charge is 0.167 e. The summed E-state index contributed by atoms with van der Waals surface area (Å²) in [5, 5.41) is 5.81.